The molecule has 1 atom stereocenters. The van der Waals surface area contributed by atoms with Gasteiger partial charge in [-0.1, -0.05) is 15.9 Å². The van der Waals surface area contributed by atoms with Crippen LogP contribution in [0.3, 0.4) is 0 Å². The van der Waals surface area contributed by atoms with Gasteiger partial charge in [0.2, 0.25) is 0 Å². The van der Waals surface area contributed by atoms with E-state index in [0.717, 1.165) is 41.5 Å². The molecule has 20 heavy (non-hydrogen) atoms. The van der Waals surface area contributed by atoms with Crippen molar-refractivity contribution in [3.8, 4) is 11.5 Å². The number of rotatable bonds is 5. The van der Waals surface area contributed by atoms with Gasteiger partial charge in [-0.2, -0.15) is 0 Å². The predicted octanol–water partition coefficient (Wildman–Crippen LogP) is 3.85. The molecular weight excluding hydrogens is 318 g/mol. The maximum absolute atomic E-state index is 5.91. The Morgan fingerprint density at radius 2 is 2.15 bits per heavy atom. The SMILES string of the molecule is COc1cc(C2(C)CCCN2)c(Br)cc1OCC1CC1. The average molecular weight is 340 g/mol. The molecule has 4 heteroatoms. The first-order valence-corrected chi connectivity index (χ1v) is 8.17. The predicted molar refractivity (Wildman–Crippen MR) is 83.5 cm³/mol. The summed E-state index contributed by atoms with van der Waals surface area (Å²) in [6, 6.07) is 4.17. The Hall–Kier alpha value is -0.740. The quantitative estimate of drug-likeness (QED) is 0.883. The minimum Gasteiger partial charge on any atom is -0.493 e. The standard InChI is InChI=1S/C16H22BrNO2/c1-16(6-3-7-18-16)12-8-14(19-2)15(9-13(12)17)20-10-11-4-5-11/h8-9,11,18H,3-7,10H2,1-2H3. The fourth-order valence-electron chi connectivity index (χ4n) is 2.85. The van der Waals surface area contributed by atoms with Gasteiger partial charge in [0.05, 0.1) is 13.7 Å². The van der Waals surface area contributed by atoms with Crippen molar-refractivity contribution in [2.75, 3.05) is 20.3 Å². The molecule has 0 amide bonds. The number of nitrogens with one attached hydrogen (secondary N) is 1. The molecule has 0 radical (unpaired) electrons. The first-order valence-electron chi connectivity index (χ1n) is 7.38. The third-order valence-corrected chi connectivity index (χ3v) is 5.04. The van der Waals surface area contributed by atoms with E-state index in [1.165, 1.54) is 24.8 Å². The molecule has 1 N–H and O–H groups in total. The zero-order chi connectivity index (χ0) is 14.2. The number of methoxy groups -OCH3 is 1. The van der Waals surface area contributed by atoms with Crippen LogP contribution in [0.1, 0.15) is 38.2 Å². The lowest BCUT2D eigenvalue weighted by atomic mass is 9.90. The van der Waals surface area contributed by atoms with Gasteiger partial charge in [0, 0.05) is 10.0 Å². The molecule has 1 aliphatic carbocycles. The minimum absolute atomic E-state index is 0.0289. The highest BCUT2D eigenvalue weighted by Gasteiger charge is 2.33. The van der Waals surface area contributed by atoms with Crippen molar-refractivity contribution in [2.24, 2.45) is 5.92 Å². The Bertz CT molecular complexity index is 493. The number of hydrogen-bond donors (Lipinski definition) is 1. The first kappa shape index (κ1) is 14.2. The third kappa shape index (κ3) is 2.82. The van der Waals surface area contributed by atoms with Gasteiger partial charge >= 0.3 is 0 Å². The Labute approximate surface area is 129 Å². The van der Waals surface area contributed by atoms with Crippen LogP contribution < -0.4 is 14.8 Å². The number of halogens is 1. The molecule has 0 aromatic heterocycles. The summed E-state index contributed by atoms with van der Waals surface area (Å²) in [5, 5.41) is 3.59. The maximum Gasteiger partial charge on any atom is 0.162 e. The Morgan fingerprint density at radius 1 is 1.35 bits per heavy atom. The average Bonchev–Trinajstić information content (AvgIpc) is 3.17. The third-order valence-electron chi connectivity index (χ3n) is 4.39. The van der Waals surface area contributed by atoms with Gasteiger partial charge in [-0.15, -0.1) is 0 Å². The lowest BCUT2D eigenvalue weighted by molar-refractivity contribution is 0.279. The van der Waals surface area contributed by atoms with Gasteiger partial charge in [-0.05, 0) is 62.8 Å². The molecule has 1 aromatic carbocycles. The van der Waals surface area contributed by atoms with Gasteiger partial charge in [-0.25, -0.2) is 0 Å². The van der Waals surface area contributed by atoms with Crippen molar-refractivity contribution in [1.82, 2.24) is 5.32 Å². The molecular formula is C16H22BrNO2. The van der Waals surface area contributed by atoms with Crippen LogP contribution in [-0.4, -0.2) is 20.3 Å². The van der Waals surface area contributed by atoms with Crippen molar-refractivity contribution in [2.45, 2.75) is 38.1 Å². The van der Waals surface area contributed by atoms with Crippen LogP contribution in [0.5, 0.6) is 11.5 Å². The molecule has 1 heterocycles. The Kier molecular flexibility index (Phi) is 3.95. The minimum atomic E-state index is 0.0289. The number of hydrogen-bond acceptors (Lipinski definition) is 3. The summed E-state index contributed by atoms with van der Waals surface area (Å²) < 4.78 is 12.5. The van der Waals surface area contributed by atoms with Crippen LogP contribution in [-0.2, 0) is 5.54 Å². The Balaban J connectivity index is 1.87. The molecule has 3 rings (SSSR count). The van der Waals surface area contributed by atoms with E-state index in [4.69, 9.17) is 9.47 Å². The zero-order valence-corrected chi connectivity index (χ0v) is 13.8. The lowest BCUT2D eigenvalue weighted by Crippen LogP contribution is -2.33. The van der Waals surface area contributed by atoms with Gasteiger partial charge in [0.1, 0.15) is 0 Å². The molecule has 1 unspecified atom stereocenters. The summed E-state index contributed by atoms with van der Waals surface area (Å²) in [4.78, 5) is 0. The fraction of sp³-hybridized carbons (Fsp3) is 0.625. The summed E-state index contributed by atoms with van der Waals surface area (Å²) >= 11 is 3.70. The molecule has 1 aromatic rings. The molecule has 0 bridgehead atoms. The number of ether oxygens (including phenoxy) is 2. The summed E-state index contributed by atoms with van der Waals surface area (Å²) in [6.07, 6.45) is 4.95. The molecule has 1 saturated heterocycles. The van der Waals surface area contributed by atoms with E-state index in [2.05, 4.69) is 40.3 Å². The molecule has 2 aliphatic rings. The van der Waals surface area contributed by atoms with E-state index in [-0.39, 0.29) is 5.54 Å². The van der Waals surface area contributed by atoms with Crippen LogP contribution >= 0.6 is 15.9 Å². The van der Waals surface area contributed by atoms with Gasteiger partial charge in [0.25, 0.3) is 0 Å². The molecule has 1 aliphatic heterocycles. The number of benzene rings is 1. The van der Waals surface area contributed by atoms with Gasteiger partial charge < -0.3 is 14.8 Å². The molecule has 0 spiro atoms. The first-order chi connectivity index (χ1) is 9.62. The largest absolute Gasteiger partial charge is 0.493 e. The highest BCUT2D eigenvalue weighted by molar-refractivity contribution is 9.10. The van der Waals surface area contributed by atoms with Crippen LogP contribution in [0.4, 0.5) is 0 Å². The van der Waals surface area contributed by atoms with Gasteiger partial charge in [0.15, 0.2) is 11.5 Å². The van der Waals surface area contributed by atoms with E-state index in [0.29, 0.717) is 0 Å². The van der Waals surface area contributed by atoms with Crippen LogP contribution in [0.2, 0.25) is 0 Å². The van der Waals surface area contributed by atoms with Crippen molar-refractivity contribution < 1.29 is 9.47 Å². The monoisotopic (exact) mass is 339 g/mol. The van der Waals surface area contributed by atoms with E-state index in [1.54, 1.807) is 7.11 Å². The second-order valence-corrected chi connectivity index (χ2v) is 6.95. The topological polar surface area (TPSA) is 30.5 Å². The summed E-state index contributed by atoms with van der Waals surface area (Å²) in [7, 11) is 1.71. The van der Waals surface area contributed by atoms with Crippen molar-refractivity contribution in [1.29, 1.82) is 0 Å². The van der Waals surface area contributed by atoms with Crippen molar-refractivity contribution in [3.63, 3.8) is 0 Å². The molecule has 110 valence electrons. The molecule has 1 saturated carbocycles. The zero-order valence-electron chi connectivity index (χ0n) is 12.2. The van der Waals surface area contributed by atoms with E-state index < -0.39 is 0 Å². The normalized spacial score (nSPS) is 25.8. The lowest BCUT2D eigenvalue weighted by Gasteiger charge is -2.27. The smallest absolute Gasteiger partial charge is 0.162 e. The van der Waals surface area contributed by atoms with Gasteiger partial charge in [-0.3, -0.25) is 0 Å². The highest BCUT2D eigenvalue weighted by Crippen LogP contribution is 2.42. The van der Waals surface area contributed by atoms with Crippen LogP contribution in [0.25, 0.3) is 0 Å². The summed E-state index contributed by atoms with van der Waals surface area (Å²) in [6.45, 7) is 4.13. The van der Waals surface area contributed by atoms with Crippen molar-refractivity contribution >= 4 is 15.9 Å². The van der Waals surface area contributed by atoms with E-state index in [9.17, 15) is 0 Å². The van der Waals surface area contributed by atoms with E-state index in [1.807, 2.05) is 0 Å². The van der Waals surface area contributed by atoms with Crippen LogP contribution in [0, 0.1) is 5.92 Å². The van der Waals surface area contributed by atoms with Crippen molar-refractivity contribution in [3.05, 3.63) is 22.2 Å². The second-order valence-electron chi connectivity index (χ2n) is 6.10. The summed E-state index contributed by atoms with van der Waals surface area (Å²) in [5.41, 5.74) is 1.28. The maximum atomic E-state index is 5.91. The molecule has 3 nitrogen and oxygen atoms in total. The highest BCUT2D eigenvalue weighted by atomic mass is 79.9. The summed E-state index contributed by atoms with van der Waals surface area (Å²) in [5.74, 6) is 2.42. The van der Waals surface area contributed by atoms with E-state index >= 15 is 0 Å². The second kappa shape index (κ2) is 5.57. The van der Waals surface area contributed by atoms with Crippen LogP contribution in [0.15, 0.2) is 16.6 Å². The Morgan fingerprint density at radius 3 is 2.75 bits per heavy atom. The molecule has 2 fully saturated rings. The fourth-order valence-corrected chi connectivity index (χ4v) is 3.61.